The van der Waals surface area contributed by atoms with Gasteiger partial charge in [0.2, 0.25) is 0 Å². The summed E-state index contributed by atoms with van der Waals surface area (Å²) < 4.78 is 41.0. The van der Waals surface area contributed by atoms with E-state index in [4.69, 9.17) is 0 Å². The largest absolute Gasteiger partial charge is 0.573 e. The number of benzene rings is 1. The predicted molar refractivity (Wildman–Crippen MR) is 85.8 cm³/mol. The summed E-state index contributed by atoms with van der Waals surface area (Å²) in [6.45, 7) is 2.63. The molecule has 1 amide bonds. The van der Waals surface area contributed by atoms with Gasteiger partial charge in [0, 0.05) is 36.6 Å². The minimum Gasteiger partial charge on any atom is -0.406 e. The molecule has 2 aromatic rings. The molecule has 1 spiro atoms. The maximum atomic E-state index is 13.1. The molecule has 6 nitrogen and oxygen atoms in total. The van der Waals surface area contributed by atoms with E-state index in [1.807, 2.05) is 4.90 Å². The van der Waals surface area contributed by atoms with Crippen molar-refractivity contribution in [2.45, 2.75) is 37.2 Å². The van der Waals surface area contributed by atoms with Crippen LogP contribution >= 0.6 is 0 Å². The molecule has 1 aromatic carbocycles. The third-order valence-electron chi connectivity index (χ3n) is 6.13. The van der Waals surface area contributed by atoms with E-state index in [0.29, 0.717) is 17.4 Å². The van der Waals surface area contributed by atoms with Gasteiger partial charge in [0.05, 0.1) is 11.6 Å². The summed E-state index contributed by atoms with van der Waals surface area (Å²) in [6, 6.07) is 4.08. The average molecular weight is 366 g/mol. The van der Waals surface area contributed by atoms with Gasteiger partial charge in [-0.2, -0.15) is 5.10 Å². The predicted octanol–water partition coefficient (Wildman–Crippen LogP) is 2.52. The lowest BCUT2D eigenvalue weighted by atomic mass is 9.61. The van der Waals surface area contributed by atoms with Crippen molar-refractivity contribution in [2.75, 3.05) is 19.6 Å². The number of aromatic amines is 1. The highest BCUT2D eigenvalue weighted by Gasteiger charge is 2.61. The van der Waals surface area contributed by atoms with Crippen molar-refractivity contribution in [2.24, 2.45) is 0 Å². The summed E-state index contributed by atoms with van der Waals surface area (Å²) >= 11 is 0. The maximum absolute atomic E-state index is 13.1. The highest BCUT2D eigenvalue weighted by Crippen LogP contribution is 2.51. The summed E-state index contributed by atoms with van der Waals surface area (Å²) in [5.74, 6) is -0.495. The van der Waals surface area contributed by atoms with Crippen molar-refractivity contribution in [1.29, 1.82) is 0 Å². The Kier molecular flexibility index (Phi) is 3.14. The zero-order chi connectivity index (χ0) is 18.1. The molecule has 3 aliphatic rings. The lowest BCUT2D eigenvalue weighted by Gasteiger charge is -2.68. The van der Waals surface area contributed by atoms with Gasteiger partial charge in [0.15, 0.2) is 5.69 Å². The molecule has 0 bridgehead atoms. The SMILES string of the molecule is O=C(c1n[nH]c2cc(OC(F)(F)F)ccc12)N1CCN2CCC23CCC13. The van der Waals surface area contributed by atoms with Gasteiger partial charge in [-0.25, -0.2) is 0 Å². The molecule has 2 atom stereocenters. The Bertz CT molecular complexity index is 892. The number of H-pyrrole nitrogens is 1. The molecule has 5 rings (SSSR count). The summed E-state index contributed by atoms with van der Waals surface area (Å²) in [4.78, 5) is 17.4. The Labute approximate surface area is 146 Å². The maximum Gasteiger partial charge on any atom is 0.573 e. The van der Waals surface area contributed by atoms with Crippen LogP contribution in [-0.2, 0) is 0 Å². The number of carbonyl (C=O) groups is 1. The number of halogens is 3. The van der Waals surface area contributed by atoms with Crippen molar-refractivity contribution in [3.8, 4) is 5.75 Å². The van der Waals surface area contributed by atoms with Gasteiger partial charge in [-0.1, -0.05) is 0 Å². The van der Waals surface area contributed by atoms with E-state index in [0.717, 1.165) is 32.4 Å². The molecule has 9 heteroatoms. The Hall–Kier alpha value is -2.29. The zero-order valence-corrected chi connectivity index (χ0v) is 13.8. The van der Waals surface area contributed by atoms with E-state index >= 15 is 0 Å². The van der Waals surface area contributed by atoms with Crippen LogP contribution in [0.15, 0.2) is 18.2 Å². The van der Waals surface area contributed by atoms with Crippen molar-refractivity contribution >= 4 is 16.8 Å². The monoisotopic (exact) mass is 366 g/mol. The van der Waals surface area contributed by atoms with E-state index in [9.17, 15) is 18.0 Å². The number of piperazine rings is 1. The van der Waals surface area contributed by atoms with E-state index < -0.39 is 6.36 Å². The van der Waals surface area contributed by atoms with Crippen molar-refractivity contribution in [3.63, 3.8) is 0 Å². The summed E-state index contributed by atoms with van der Waals surface area (Å²) in [5.41, 5.74) is 0.766. The number of nitrogens with one attached hydrogen (secondary N) is 1. The average Bonchev–Trinajstić information content (AvgIpc) is 2.91. The van der Waals surface area contributed by atoms with Crippen LogP contribution in [0.3, 0.4) is 0 Å². The molecular formula is C17H17F3N4O2. The Morgan fingerprint density at radius 1 is 1.27 bits per heavy atom. The molecule has 2 saturated heterocycles. The fraction of sp³-hybridized carbons (Fsp3) is 0.529. The Balaban J connectivity index is 1.43. The number of fused-ring (bicyclic) bond motifs is 1. The standard InChI is InChI=1S/C17H17F3N4O2/c18-17(19,20)26-10-1-2-11-12(9-10)21-22-14(11)15(25)24-8-7-23-6-5-16(23)4-3-13(16)24/h1-2,9,13H,3-8H2,(H,21,22). The normalized spacial score (nSPS) is 28.1. The lowest BCUT2D eigenvalue weighted by Crippen LogP contribution is -2.79. The van der Waals surface area contributed by atoms with Crippen molar-refractivity contribution in [1.82, 2.24) is 20.0 Å². The van der Waals surface area contributed by atoms with Crippen LogP contribution in [0.5, 0.6) is 5.75 Å². The van der Waals surface area contributed by atoms with Crippen LogP contribution in [-0.4, -0.2) is 63.5 Å². The van der Waals surface area contributed by atoms with Crippen LogP contribution in [0.1, 0.15) is 29.8 Å². The second kappa shape index (κ2) is 5.12. The number of hydrogen-bond acceptors (Lipinski definition) is 4. The number of alkyl halides is 3. The molecule has 1 aliphatic carbocycles. The summed E-state index contributed by atoms with van der Waals surface area (Å²) in [6.07, 6.45) is -1.51. The number of nitrogens with zero attached hydrogens (tertiary/aromatic N) is 3. The number of ether oxygens (including phenoxy) is 1. The number of amides is 1. The molecular weight excluding hydrogens is 349 g/mol. The highest BCUT2D eigenvalue weighted by molar-refractivity contribution is 6.05. The van der Waals surface area contributed by atoms with Crippen LogP contribution in [0.4, 0.5) is 13.2 Å². The third-order valence-corrected chi connectivity index (χ3v) is 6.13. The number of aromatic nitrogens is 2. The number of rotatable bonds is 2. The Morgan fingerprint density at radius 2 is 2.12 bits per heavy atom. The van der Waals surface area contributed by atoms with E-state index in [1.165, 1.54) is 18.2 Å². The third kappa shape index (κ3) is 2.16. The lowest BCUT2D eigenvalue weighted by molar-refractivity contribution is -0.274. The summed E-state index contributed by atoms with van der Waals surface area (Å²) in [7, 11) is 0. The number of carbonyl (C=O) groups excluding carboxylic acids is 1. The van der Waals surface area contributed by atoms with Gasteiger partial charge >= 0.3 is 6.36 Å². The molecule has 3 heterocycles. The molecule has 26 heavy (non-hydrogen) atoms. The first kappa shape index (κ1) is 15.9. The summed E-state index contributed by atoms with van der Waals surface area (Å²) in [5, 5.41) is 7.25. The van der Waals surface area contributed by atoms with Gasteiger partial charge < -0.3 is 9.64 Å². The van der Waals surface area contributed by atoms with E-state index in [1.54, 1.807) is 0 Å². The van der Waals surface area contributed by atoms with E-state index in [2.05, 4.69) is 19.8 Å². The minimum atomic E-state index is -4.76. The molecule has 138 valence electrons. The van der Waals surface area contributed by atoms with Crippen LogP contribution in [0.25, 0.3) is 10.9 Å². The molecule has 2 aliphatic heterocycles. The van der Waals surface area contributed by atoms with Gasteiger partial charge in [-0.05, 0) is 31.4 Å². The van der Waals surface area contributed by atoms with Crippen molar-refractivity contribution in [3.05, 3.63) is 23.9 Å². The smallest absolute Gasteiger partial charge is 0.406 e. The van der Waals surface area contributed by atoms with Gasteiger partial charge in [-0.15, -0.1) is 13.2 Å². The first-order valence-corrected chi connectivity index (χ1v) is 8.67. The second-order valence-corrected chi connectivity index (χ2v) is 7.22. The minimum absolute atomic E-state index is 0.156. The quantitative estimate of drug-likeness (QED) is 0.887. The van der Waals surface area contributed by atoms with Crippen LogP contribution in [0.2, 0.25) is 0 Å². The highest BCUT2D eigenvalue weighted by atomic mass is 19.4. The van der Waals surface area contributed by atoms with Crippen LogP contribution in [0, 0.1) is 0 Å². The Morgan fingerprint density at radius 3 is 2.77 bits per heavy atom. The second-order valence-electron chi connectivity index (χ2n) is 7.22. The number of hydrogen-bond donors (Lipinski definition) is 1. The molecule has 1 saturated carbocycles. The fourth-order valence-electron chi connectivity index (χ4n) is 4.73. The van der Waals surface area contributed by atoms with Gasteiger partial charge in [0.25, 0.3) is 5.91 Å². The first-order valence-electron chi connectivity index (χ1n) is 8.67. The van der Waals surface area contributed by atoms with E-state index in [-0.39, 0.29) is 28.9 Å². The van der Waals surface area contributed by atoms with Gasteiger partial charge in [0.1, 0.15) is 5.75 Å². The zero-order valence-electron chi connectivity index (χ0n) is 13.8. The molecule has 0 radical (unpaired) electrons. The molecule has 3 fully saturated rings. The molecule has 2 unspecified atom stereocenters. The molecule has 1 N–H and O–H groups in total. The fourth-order valence-corrected chi connectivity index (χ4v) is 4.73. The van der Waals surface area contributed by atoms with Crippen LogP contribution < -0.4 is 4.74 Å². The van der Waals surface area contributed by atoms with Crippen molar-refractivity contribution < 1.29 is 22.7 Å². The topological polar surface area (TPSA) is 61.5 Å². The van der Waals surface area contributed by atoms with Gasteiger partial charge in [-0.3, -0.25) is 14.8 Å². The first-order chi connectivity index (χ1) is 12.4. The molecule has 1 aromatic heterocycles.